The molecule has 1 heterocycles. The zero-order chi connectivity index (χ0) is 13.8. The zero-order valence-electron chi connectivity index (χ0n) is 11.3. The molecule has 0 radical (unpaired) electrons. The highest BCUT2D eigenvalue weighted by molar-refractivity contribution is 5.83. The number of carbonyl (C=O) groups is 1. The topological polar surface area (TPSA) is 41.1 Å². The van der Waals surface area contributed by atoms with Gasteiger partial charge in [-0.15, -0.1) is 0 Å². The average Bonchev–Trinajstić information content (AvgIpc) is 2.51. The molecule has 0 aromatic heterocycles. The van der Waals surface area contributed by atoms with E-state index < -0.39 is 0 Å². The van der Waals surface area contributed by atoms with Crippen LogP contribution in [0.4, 0.5) is 0 Å². The fraction of sp³-hybridized carbons (Fsp3) is 0.235. The molecule has 1 saturated heterocycles. The van der Waals surface area contributed by atoms with Crippen LogP contribution in [0.25, 0.3) is 0 Å². The lowest BCUT2D eigenvalue weighted by atomic mass is 9.98. The molecule has 3 nitrogen and oxygen atoms in total. The highest BCUT2D eigenvalue weighted by Crippen LogP contribution is 2.17. The quantitative estimate of drug-likeness (QED) is 0.893. The molecule has 0 bridgehead atoms. The predicted octanol–water partition coefficient (Wildman–Crippen LogP) is 2.06. The van der Waals surface area contributed by atoms with Gasteiger partial charge in [0.1, 0.15) is 0 Å². The molecule has 1 fully saturated rings. The van der Waals surface area contributed by atoms with Crippen molar-refractivity contribution in [1.82, 2.24) is 10.6 Å². The number of benzene rings is 2. The summed E-state index contributed by atoms with van der Waals surface area (Å²) < 4.78 is 0. The Morgan fingerprint density at radius 1 is 0.950 bits per heavy atom. The molecule has 3 rings (SSSR count). The molecule has 0 aliphatic carbocycles. The molecule has 1 amide bonds. The van der Waals surface area contributed by atoms with Crippen molar-refractivity contribution in [1.29, 1.82) is 0 Å². The molecule has 3 heteroatoms. The van der Waals surface area contributed by atoms with Crippen LogP contribution in [0.15, 0.2) is 60.7 Å². The molecule has 2 atom stereocenters. The zero-order valence-corrected chi connectivity index (χ0v) is 11.3. The third kappa shape index (κ3) is 2.89. The number of hydrogen-bond acceptors (Lipinski definition) is 2. The first-order chi connectivity index (χ1) is 9.83. The van der Waals surface area contributed by atoms with E-state index in [1.54, 1.807) is 0 Å². The van der Waals surface area contributed by atoms with Crippen molar-refractivity contribution in [2.45, 2.75) is 18.5 Å². The van der Waals surface area contributed by atoms with Crippen molar-refractivity contribution in [3.05, 3.63) is 71.8 Å². The van der Waals surface area contributed by atoms with E-state index in [1.807, 2.05) is 36.4 Å². The van der Waals surface area contributed by atoms with Gasteiger partial charge in [-0.2, -0.15) is 0 Å². The summed E-state index contributed by atoms with van der Waals surface area (Å²) >= 11 is 0. The maximum atomic E-state index is 12.0. The Kier molecular flexibility index (Phi) is 3.79. The molecule has 1 aliphatic rings. The van der Waals surface area contributed by atoms with Crippen molar-refractivity contribution in [2.75, 3.05) is 6.54 Å². The van der Waals surface area contributed by atoms with E-state index in [-0.39, 0.29) is 18.0 Å². The number of rotatable bonds is 3. The summed E-state index contributed by atoms with van der Waals surface area (Å²) in [7, 11) is 0. The minimum atomic E-state index is -0.170. The summed E-state index contributed by atoms with van der Waals surface area (Å²) in [6, 6.07) is 20.4. The fourth-order valence-electron chi connectivity index (χ4n) is 2.60. The van der Waals surface area contributed by atoms with Crippen LogP contribution in [0, 0.1) is 0 Å². The molecule has 2 aromatic carbocycles. The molecular formula is C17H18N2O. The van der Waals surface area contributed by atoms with Crippen LogP contribution in [0.3, 0.4) is 0 Å². The third-order valence-electron chi connectivity index (χ3n) is 3.68. The minimum absolute atomic E-state index is 0.0843. The molecule has 0 spiro atoms. The second-order valence-electron chi connectivity index (χ2n) is 5.12. The normalized spacial score (nSPS) is 22.3. The first kappa shape index (κ1) is 12.9. The Morgan fingerprint density at radius 2 is 1.60 bits per heavy atom. The van der Waals surface area contributed by atoms with Crippen LogP contribution in [-0.4, -0.2) is 18.5 Å². The number of hydrogen-bond donors (Lipinski definition) is 2. The number of amides is 1. The first-order valence-corrected chi connectivity index (χ1v) is 6.95. The van der Waals surface area contributed by atoms with Crippen LogP contribution in [0.2, 0.25) is 0 Å². The van der Waals surface area contributed by atoms with Gasteiger partial charge in [-0.3, -0.25) is 10.1 Å². The van der Waals surface area contributed by atoms with Gasteiger partial charge in [0.2, 0.25) is 5.91 Å². The van der Waals surface area contributed by atoms with Crippen LogP contribution in [-0.2, 0) is 11.2 Å². The van der Waals surface area contributed by atoms with Gasteiger partial charge >= 0.3 is 0 Å². The van der Waals surface area contributed by atoms with E-state index in [0.717, 1.165) is 6.42 Å². The summed E-state index contributed by atoms with van der Waals surface area (Å²) in [5.41, 5.74) is 2.39. The summed E-state index contributed by atoms with van der Waals surface area (Å²) in [5.74, 6) is 0.0843. The fourth-order valence-corrected chi connectivity index (χ4v) is 2.60. The van der Waals surface area contributed by atoms with Crippen molar-refractivity contribution in [3.63, 3.8) is 0 Å². The molecule has 20 heavy (non-hydrogen) atoms. The molecule has 2 aromatic rings. The van der Waals surface area contributed by atoms with E-state index in [1.165, 1.54) is 11.1 Å². The third-order valence-corrected chi connectivity index (χ3v) is 3.68. The highest BCUT2D eigenvalue weighted by atomic mass is 16.2. The van der Waals surface area contributed by atoms with E-state index in [0.29, 0.717) is 6.54 Å². The number of nitrogens with one attached hydrogen (secondary N) is 2. The lowest BCUT2D eigenvalue weighted by Gasteiger charge is -2.31. The van der Waals surface area contributed by atoms with Crippen molar-refractivity contribution >= 4 is 5.91 Å². The molecule has 2 unspecified atom stereocenters. The molecule has 0 saturated carbocycles. The summed E-state index contributed by atoms with van der Waals surface area (Å²) in [4.78, 5) is 12.0. The number of carbonyl (C=O) groups excluding carboxylic acids is 1. The van der Waals surface area contributed by atoms with Gasteiger partial charge in [0, 0.05) is 6.54 Å². The Balaban J connectivity index is 1.72. The van der Waals surface area contributed by atoms with Gasteiger partial charge in [0.05, 0.1) is 12.1 Å². The summed E-state index contributed by atoms with van der Waals surface area (Å²) in [6.45, 7) is 0.647. The highest BCUT2D eigenvalue weighted by Gasteiger charge is 2.28. The van der Waals surface area contributed by atoms with Crippen molar-refractivity contribution in [3.8, 4) is 0 Å². The van der Waals surface area contributed by atoms with Gasteiger partial charge in [-0.1, -0.05) is 60.7 Å². The minimum Gasteiger partial charge on any atom is -0.353 e. The van der Waals surface area contributed by atoms with E-state index in [9.17, 15) is 4.79 Å². The van der Waals surface area contributed by atoms with Crippen LogP contribution in [0.1, 0.15) is 17.2 Å². The molecule has 102 valence electrons. The number of piperazine rings is 1. The SMILES string of the molecule is O=C1NCC(c2ccccc2)NC1Cc1ccccc1. The summed E-state index contributed by atoms with van der Waals surface area (Å²) in [6.07, 6.45) is 0.718. The smallest absolute Gasteiger partial charge is 0.237 e. The second kappa shape index (κ2) is 5.88. The standard InChI is InChI=1S/C17H18N2O/c20-17-15(11-13-7-3-1-4-8-13)19-16(12-18-17)14-9-5-2-6-10-14/h1-10,15-16,19H,11-12H2,(H,18,20). The van der Waals surface area contributed by atoms with E-state index in [4.69, 9.17) is 0 Å². The maximum Gasteiger partial charge on any atom is 0.237 e. The summed E-state index contributed by atoms with van der Waals surface area (Å²) in [5, 5.41) is 6.46. The van der Waals surface area contributed by atoms with Crippen LogP contribution < -0.4 is 10.6 Å². The van der Waals surface area contributed by atoms with Gasteiger partial charge in [-0.25, -0.2) is 0 Å². The predicted molar refractivity (Wildman–Crippen MR) is 79.3 cm³/mol. The Labute approximate surface area is 119 Å². The van der Waals surface area contributed by atoms with Crippen LogP contribution >= 0.6 is 0 Å². The second-order valence-corrected chi connectivity index (χ2v) is 5.12. The van der Waals surface area contributed by atoms with Gasteiger partial charge in [-0.05, 0) is 17.5 Å². The van der Waals surface area contributed by atoms with Crippen molar-refractivity contribution in [2.24, 2.45) is 0 Å². The largest absolute Gasteiger partial charge is 0.353 e. The molecule has 1 aliphatic heterocycles. The van der Waals surface area contributed by atoms with Crippen molar-refractivity contribution < 1.29 is 4.79 Å². The lowest BCUT2D eigenvalue weighted by molar-refractivity contribution is -0.125. The van der Waals surface area contributed by atoms with Gasteiger partial charge < -0.3 is 5.32 Å². The maximum absolute atomic E-state index is 12.0. The lowest BCUT2D eigenvalue weighted by Crippen LogP contribution is -2.55. The van der Waals surface area contributed by atoms with Gasteiger partial charge in [0.25, 0.3) is 0 Å². The first-order valence-electron chi connectivity index (χ1n) is 6.95. The average molecular weight is 266 g/mol. The Morgan fingerprint density at radius 3 is 2.30 bits per heavy atom. The molecular weight excluding hydrogens is 248 g/mol. The van der Waals surface area contributed by atoms with E-state index >= 15 is 0 Å². The Bertz CT molecular complexity index is 568. The Hall–Kier alpha value is -2.13. The monoisotopic (exact) mass is 266 g/mol. The van der Waals surface area contributed by atoms with Gasteiger partial charge in [0.15, 0.2) is 0 Å². The van der Waals surface area contributed by atoms with E-state index in [2.05, 4.69) is 34.9 Å². The van der Waals surface area contributed by atoms with Crippen LogP contribution in [0.5, 0.6) is 0 Å². The molecule has 2 N–H and O–H groups in total.